The lowest BCUT2D eigenvalue weighted by Gasteiger charge is -2.09. The van der Waals surface area contributed by atoms with Crippen LogP contribution in [0.25, 0.3) is 12.2 Å². The number of hydrogen-bond donors (Lipinski definition) is 1. The standard InChI is InChI=1S/C14H10ClNS/c15-12-7-8-14-11(9-12)6-5-10-3-1-2-4-13(10)17(14)16/h1-9,16H. The normalized spacial score (nSPS) is 17.1. The quantitative estimate of drug-likeness (QED) is 0.609. The van der Waals surface area contributed by atoms with Gasteiger partial charge >= 0.3 is 0 Å². The molecule has 0 amide bonds. The Kier molecular flexibility index (Phi) is 2.61. The van der Waals surface area contributed by atoms with Crippen molar-refractivity contribution in [2.75, 3.05) is 0 Å². The Labute approximate surface area is 108 Å². The zero-order valence-corrected chi connectivity index (χ0v) is 10.6. The fourth-order valence-corrected chi connectivity index (χ4v) is 3.51. The second-order valence-corrected chi connectivity index (χ2v) is 5.79. The highest BCUT2D eigenvalue weighted by Gasteiger charge is 2.13. The Morgan fingerprint density at radius 3 is 2.47 bits per heavy atom. The molecule has 0 fully saturated rings. The summed E-state index contributed by atoms with van der Waals surface area (Å²) in [5, 5.41) is 0.719. The lowest BCUT2D eigenvalue weighted by atomic mass is 10.1. The predicted molar refractivity (Wildman–Crippen MR) is 73.4 cm³/mol. The molecule has 0 aromatic heterocycles. The van der Waals surface area contributed by atoms with Crippen molar-refractivity contribution in [3.63, 3.8) is 0 Å². The Morgan fingerprint density at radius 2 is 1.59 bits per heavy atom. The van der Waals surface area contributed by atoms with Crippen molar-refractivity contribution in [1.82, 2.24) is 0 Å². The maximum atomic E-state index is 8.39. The fourth-order valence-electron chi connectivity index (χ4n) is 1.94. The maximum Gasteiger partial charge on any atom is 0.0412 e. The molecular formula is C14H10ClNS. The highest BCUT2D eigenvalue weighted by atomic mass is 35.5. The minimum Gasteiger partial charge on any atom is -0.271 e. The lowest BCUT2D eigenvalue weighted by Crippen LogP contribution is -1.94. The molecule has 0 saturated carbocycles. The van der Waals surface area contributed by atoms with E-state index in [0.29, 0.717) is 0 Å². The third-order valence-corrected chi connectivity index (χ3v) is 4.63. The Balaban J connectivity index is 2.28. The predicted octanol–water partition coefficient (Wildman–Crippen LogP) is 4.62. The topological polar surface area (TPSA) is 23.9 Å². The molecule has 1 unspecified atom stereocenters. The molecule has 1 aliphatic rings. The van der Waals surface area contributed by atoms with Gasteiger partial charge < -0.3 is 0 Å². The summed E-state index contributed by atoms with van der Waals surface area (Å²) < 4.78 is 8.39. The summed E-state index contributed by atoms with van der Waals surface area (Å²) in [5.41, 5.74) is 2.17. The van der Waals surface area contributed by atoms with E-state index in [9.17, 15) is 0 Å². The maximum absolute atomic E-state index is 8.39. The summed E-state index contributed by atoms with van der Waals surface area (Å²) in [4.78, 5) is 2.11. The van der Waals surface area contributed by atoms with Crippen molar-refractivity contribution < 1.29 is 0 Å². The molecule has 84 valence electrons. The van der Waals surface area contributed by atoms with Crippen LogP contribution in [0.1, 0.15) is 11.1 Å². The van der Waals surface area contributed by atoms with E-state index in [-0.39, 0.29) is 0 Å². The molecule has 1 atom stereocenters. The average molecular weight is 260 g/mol. The van der Waals surface area contributed by atoms with Crippen LogP contribution in [-0.4, -0.2) is 0 Å². The molecule has 1 nitrogen and oxygen atoms in total. The fraction of sp³-hybridized carbons (Fsp3) is 0. The van der Waals surface area contributed by atoms with Crippen molar-refractivity contribution >= 4 is 34.4 Å². The first-order valence-electron chi connectivity index (χ1n) is 5.28. The van der Waals surface area contributed by atoms with Crippen molar-refractivity contribution in [3.8, 4) is 0 Å². The largest absolute Gasteiger partial charge is 0.271 e. The minimum absolute atomic E-state index is 0.637. The number of fused-ring (bicyclic) bond motifs is 2. The number of halogens is 1. The Hall–Kier alpha value is -1.38. The van der Waals surface area contributed by atoms with Gasteiger partial charge in [0.1, 0.15) is 0 Å². The smallest absolute Gasteiger partial charge is 0.0412 e. The van der Waals surface area contributed by atoms with Gasteiger partial charge in [-0.2, -0.15) is 0 Å². The molecule has 1 N–H and O–H groups in total. The van der Waals surface area contributed by atoms with Gasteiger partial charge in [0, 0.05) is 14.8 Å². The number of benzene rings is 2. The highest BCUT2D eigenvalue weighted by Crippen LogP contribution is 2.30. The van der Waals surface area contributed by atoms with E-state index in [1.165, 1.54) is 0 Å². The second kappa shape index (κ2) is 4.13. The van der Waals surface area contributed by atoms with Gasteiger partial charge in [-0.05, 0) is 46.1 Å². The third kappa shape index (κ3) is 1.84. The summed E-state index contributed by atoms with van der Waals surface area (Å²) >= 11 is 6.00. The van der Waals surface area contributed by atoms with E-state index in [4.69, 9.17) is 16.4 Å². The van der Waals surface area contributed by atoms with Gasteiger partial charge in [-0.1, -0.05) is 42.0 Å². The van der Waals surface area contributed by atoms with Gasteiger partial charge in [0.05, 0.1) is 0 Å². The summed E-state index contributed by atoms with van der Waals surface area (Å²) in [5.74, 6) is 0. The van der Waals surface area contributed by atoms with E-state index in [0.717, 1.165) is 25.9 Å². The molecule has 17 heavy (non-hydrogen) atoms. The van der Waals surface area contributed by atoms with Crippen LogP contribution in [0.5, 0.6) is 0 Å². The van der Waals surface area contributed by atoms with Gasteiger partial charge in [-0.25, -0.2) is 0 Å². The molecule has 1 aliphatic heterocycles. The molecule has 0 spiro atoms. The molecule has 3 heteroatoms. The van der Waals surface area contributed by atoms with Gasteiger partial charge in [-0.15, -0.1) is 0 Å². The van der Waals surface area contributed by atoms with Crippen LogP contribution < -0.4 is 0 Å². The van der Waals surface area contributed by atoms with Crippen molar-refractivity contribution in [2.45, 2.75) is 9.79 Å². The zero-order chi connectivity index (χ0) is 11.8. The van der Waals surface area contributed by atoms with Gasteiger partial charge in [0.2, 0.25) is 0 Å². The van der Waals surface area contributed by atoms with Crippen LogP contribution in [0.4, 0.5) is 0 Å². The highest BCUT2D eigenvalue weighted by molar-refractivity contribution is 7.86. The van der Waals surface area contributed by atoms with Crippen LogP contribution in [0.15, 0.2) is 52.3 Å². The molecule has 2 aromatic carbocycles. The van der Waals surface area contributed by atoms with Crippen molar-refractivity contribution in [3.05, 3.63) is 58.6 Å². The van der Waals surface area contributed by atoms with Crippen LogP contribution in [0.3, 0.4) is 0 Å². The van der Waals surface area contributed by atoms with Crippen LogP contribution in [0, 0.1) is 4.78 Å². The summed E-state index contributed by atoms with van der Waals surface area (Å²) in [6.07, 6.45) is 4.10. The van der Waals surface area contributed by atoms with E-state index >= 15 is 0 Å². The first-order valence-corrected chi connectivity index (χ1v) is 6.88. The number of hydrogen-bond acceptors (Lipinski definition) is 1. The van der Waals surface area contributed by atoms with Crippen LogP contribution in [-0.2, 0) is 10.7 Å². The Morgan fingerprint density at radius 1 is 0.882 bits per heavy atom. The number of nitrogens with one attached hydrogen (secondary N) is 1. The summed E-state index contributed by atoms with van der Waals surface area (Å²) in [7, 11) is -0.637. The molecule has 0 radical (unpaired) electrons. The van der Waals surface area contributed by atoms with E-state index < -0.39 is 10.7 Å². The van der Waals surface area contributed by atoms with Gasteiger partial charge in [0.15, 0.2) is 0 Å². The number of rotatable bonds is 0. The van der Waals surface area contributed by atoms with Crippen molar-refractivity contribution in [2.24, 2.45) is 0 Å². The van der Waals surface area contributed by atoms with E-state index in [2.05, 4.69) is 6.08 Å². The molecule has 0 bridgehead atoms. The van der Waals surface area contributed by atoms with E-state index in [1.807, 2.05) is 48.5 Å². The molecule has 3 rings (SSSR count). The van der Waals surface area contributed by atoms with Crippen molar-refractivity contribution in [1.29, 1.82) is 4.78 Å². The molecule has 0 saturated heterocycles. The van der Waals surface area contributed by atoms with Crippen LogP contribution >= 0.6 is 11.6 Å². The molecular weight excluding hydrogens is 250 g/mol. The average Bonchev–Trinajstić information content (AvgIpc) is 2.48. The lowest BCUT2D eigenvalue weighted by molar-refractivity contribution is 1.34. The first-order chi connectivity index (χ1) is 8.25. The second-order valence-electron chi connectivity index (χ2n) is 3.86. The van der Waals surface area contributed by atoms with Gasteiger partial charge in [-0.3, -0.25) is 4.78 Å². The SMILES string of the molecule is N=S1c2ccccc2C=Cc2cc(Cl)ccc21. The van der Waals surface area contributed by atoms with Crippen LogP contribution in [0.2, 0.25) is 5.02 Å². The van der Waals surface area contributed by atoms with E-state index in [1.54, 1.807) is 0 Å². The zero-order valence-electron chi connectivity index (χ0n) is 8.98. The monoisotopic (exact) mass is 259 g/mol. The minimum atomic E-state index is -0.637. The van der Waals surface area contributed by atoms with Gasteiger partial charge in [0.25, 0.3) is 0 Å². The molecule has 2 aromatic rings. The molecule has 1 heterocycles. The summed E-state index contributed by atoms with van der Waals surface area (Å²) in [6.45, 7) is 0. The summed E-state index contributed by atoms with van der Waals surface area (Å²) in [6, 6.07) is 13.8. The Bertz CT molecular complexity index is 646. The first kappa shape index (κ1) is 10.8. The third-order valence-electron chi connectivity index (χ3n) is 2.77. The molecule has 0 aliphatic carbocycles.